The summed E-state index contributed by atoms with van der Waals surface area (Å²) in [6.07, 6.45) is 0. The first-order chi connectivity index (χ1) is 8.58. The maximum absolute atomic E-state index is 13.2. The van der Waals surface area contributed by atoms with Crippen molar-refractivity contribution >= 4 is 11.3 Å². The summed E-state index contributed by atoms with van der Waals surface area (Å²) in [7, 11) is 1.94. The predicted octanol–water partition coefficient (Wildman–Crippen LogP) is 3.61. The van der Waals surface area contributed by atoms with Gasteiger partial charge in [0.1, 0.15) is 0 Å². The maximum atomic E-state index is 13.2. The van der Waals surface area contributed by atoms with Gasteiger partial charge >= 0.3 is 0 Å². The average molecular weight is 268 g/mol. The van der Waals surface area contributed by atoms with Gasteiger partial charge in [-0.15, -0.1) is 11.3 Å². The molecule has 0 amide bonds. The van der Waals surface area contributed by atoms with Crippen molar-refractivity contribution < 1.29 is 8.78 Å². The molecule has 0 saturated carbocycles. The summed E-state index contributed by atoms with van der Waals surface area (Å²) in [4.78, 5) is 6.25. The number of aromatic nitrogens is 1. The third kappa shape index (κ3) is 2.91. The number of thiazole rings is 1. The molecule has 1 aromatic carbocycles. The molecule has 2 nitrogen and oxygen atoms in total. The van der Waals surface area contributed by atoms with Crippen LogP contribution in [0.3, 0.4) is 0 Å². The Labute approximate surface area is 109 Å². The Morgan fingerprint density at radius 1 is 1.33 bits per heavy atom. The van der Waals surface area contributed by atoms with Crippen molar-refractivity contribution in [3.05, 3.63) is 52.0 Å². The van der Waals surface area contributed by atoms with E-state index in [0.29, 0.717) is 6.54 Å². The standard InChI is InChI=1S/C13H14F2N2S/c1-9(10-3-4-12(14)13(15)5-10)17(2)6-11-7-18-8-16-11/h3-5,7-9H,6H2,1-2H3. The molecule has 0 fully saturated rings. The highest BCUT2D eigenvalue weighted by molar-refractivity contribution is 7.07. The second-order valence-electron chi connectivity index (χ2n) is 4.24. The largest absolute Gasteiger partial charge is 0.294 e. The highest BCUT2D eigenvalue weighted by atomic mass is 32.1. The minimum atomic E-state index is -0.812. The SMILES string of the molecule is CC(c1ccc(F)c(F)c1)N(C)Cc1cscn1. The van der Waals surface area contributed by atoms with Crippen LogP contribution in [0, 0.1) is 11.6 Å². The zero-order chi connectivity index (χ0) is 13.1. The lowest BCUT2D eigenvalue weighted by molar-refractivity contribution is 0.250. The van der Waals surface area contributed by atoms with Crippen LogP contribution in [0.25, 0.3) is 0 Å². The van der Waals surface area contributed by atoms with E-state index in [1.165, 1.54) is 6.07 Å². The monoisotopic (exact) mass is 268 g/mol. The second-order valence-corrected chi connectivity index (χ2v) is 4.96. The number of hydrogen-bond donors (Lipinski definition) is 0. The summed E-state index contributed by atoms with van der Waals surface area (Å²) in [5.41, 5.74) is 3.52. The van der Waals surface area contributed by atoms with Crippen LogP contribution >= 0.6 is 11.3 Å². The second kappa shape index (κ2) is 5.54. The Hall–Kier alpha value is -1.33. The Balaban J connectivity index is 2.10. The molecule has 1 unspecified atom stereocenters. The van der Waals surface area contributed by atoms with Crippen LogP contribution in [0.15, 0.2) is 29.1 Å². The number of halogens is 2. The average Bonchev–Trinajstić information content (AvgIpc) is 2.84. The summed E-state index contributed by atoms with van der Waals surface area (Å²) < 4.78 is 26.0. The number of benzene rings is 1. The zero-order valence-corrected chi connectivity index (χ0v) is 11.0. The van der Waals surface area contributed by atoms with Gasteiger partial charge in [-0.2, -0.15) is 0 Å². The molecule has 2 aromatic rings. The summed E-state index contributed by atoms with van der Waals surface area (Å²) in [6.45, 7) is 2.64. The van der Waals surface area contributed by atoms with Gasteiger partial charge < -0.3 is 0 Å². The molecule has 1 heterocycles. The molecule has 1 atom stereocenters. The van der Waals surface area contributed by atoms with E-state index in [1.807, 2.05) is 24.3 Å². The Kier molecular flexibility index (Phi) is 4.04. The normalized spacial score (nSPS) is 12.9. The number of rotatable bonds is 4. The highest BCUT2D eigenvalue weighted by Crippen LogP contribution is 2.22. The van der Waals surface area contributed by atoms with Crippen LogP contribution in [0.2, 0.25) is 0 Å². The summed E-state index contributed by atoms with van der Waals surface area (Å²) in [6, 6.07) is 4.03. The molecule has 0 aliphatic heterocycles. The quantitative estimate of drug-likeness (QED) is 0.842. The predicted molar refractivity (Wildman–Crippen MR) is 68.4 cm³/mol. The molecular weight excluding hydrogens is 254 g/mol. The van der Waals surface area contributed by atoms with Crippen LogP contribution in [-0.4, -0.2) is 16.9 Å². The van der Waals surface area contributed by atoms with Crippen molar-refractivity contribution in [2.24, 2.45) is 0 Å². The van der Waals surface area contributed by atoms with Crippen LogP contribution in [-0.2, 0) is 6.54 Å². The van der Waals surface area contributed by atoms with Crippen molar-refractivity contribution in [2.45, 2.75) is 19.5 Å². The summed E-state index contributed by atoms with van der Waals surface area (Å²) >= 11 is 1.55. The molecule has 0 aliphatic carbocycles. The molecule has 96 valence electrons. The molecule has 1 aromatic heterocycles. The van der Waals surface area contributed by atoms with Crippen molar-refractivity contribution in [3.63, 3.8) is 0 Å². The Bertz CT molecular complexity index is 514. The van der Waals surface area contributed by atoms with Crippen molar-refractivity contribution in [3.8, 4) is 0 Å². The van der Waals surface area contributed by atoms with E-state index in [2.05, 4.69) is 4.98 Å². The summed E-state index contributed by atoms with van der Waals surface area (Å²) in [5, 5.41) is 1.98. The lowest BCUT2D eigenvalue weighted by Crippen LogP contribution is -2.22. The third-order valence-corrected chi connectivity index (χ3v) is 3.62. The topological polar surface area (TPSA) is 16.1 Å². The first-order valence-electron chi connectivity index (χ1n) is 5.60. The molecule has 0 N–H and O–H groups in total. The van der Waals surface area contributed by atoms with Gasteiger partial charge in [-0.25, -0.2) is 13.8 Å². The maximum Gasteiger partial charge on any atom is 0.159 e. The van der Waals surface area contributed by atoms with Gasteiger partial charge in [0.05, 0.1) is 11.2 Å². The minimum Gasteiger partial charge on any atom is -0.294 e. The lowest BCUT2D eigenvalue weighted by atomic mass is 10.1. The van der Waals surface area contributed by atoms with Gasteiger partial charge in [-0.1, -0.05) is 6.07 Å². The molecular formula is C13H14F2N2S. The van der Waals surface area contributed by atoms with Gasteiger partial charge in [0.2, 0.25) is 0 Å². The molecule has 2 rings (SSSR count). The van der Waals surface area contributed by atoms with E-state index in [4.69, 9.17) is 0 Å². The van der Waals surface area contributed by atoms with E-state index in [0.717, 1.165) is 17.3 Å². The van der Waals surface area contributed by atoms with Gasteiger partial charge in [-0.05, 0) is 31.7 Å². The van der Waals surface area contributed by atoms with Crippen LogP contribution in [0.4, 0.5) is 8.78 Å². The van der Waals surface area contributed by atoms with Crippen molar-refractivity contribution in [2.75, 3.05) is 7.05 Å². The molecule has 18 heavy (non-hydrogen) atoms. The van der Waals surface area contributed by atoms with Crippen molar-refractivity contribution in [1.29, 1.82) is 0 Å². The highest BCUT2D eigenvalue weighted by Gasteiger charge is 2.14. The van der Waals surface area contributed by atoms with Gasteiger partial charge in [0, 0.05) is 18.0 Å². The van der Waals surface area contributed by atoms with E-state index in [-0.39, 0.29) is 6.04 Å². The van der Waals surface area contributed by atoms with E-state index in [9.17, 15) is 8.78 Å². The van der Waals surface area contributed by atoms with E-state index in [1.54, 1.807) is 22.9 Å². The Morgan fingerprint density at radius 2 is 2.11 bits per heavy atom. The molecule has 0 radical (unpaired) electrons. The van der Waals surface area contributed by atoms with Crippen LogP contribution in [0.1, 0.15) is 24.2 Å². The number of hydrogen-bond acceptors (Lipinski definition) is 3. The molecule has 0 bridgehead atoms. The van der Waals surface area contributed by atoms with Crippen LogP contribution < -0.4 is 0 Å². The smallest absolute Gasteiger partial charge is 0.159 e. The minimum absolute atomic E-state index is 0.00167. The molecule has 0 spiro atoms. The number of nitrogens with zero attached hydrogens (tertiary/aromatic N) is 2. The Morgan fingerprint density at radius 3 is 2.72 bits per heavy atom. The van der Waals surface area contributed by atoms with Gasteiger partial charge in [0.25, 0.3) is 0 Å². The summed E-state index contributed by atoms with van der Waals surface area (Å²) in [5.74, 6) is -1.62. The third-order valence-electron chi connectivity index (χ3n) is 2.98. The fraction of sp³-hybridized carbons (Fsp3) is 0.308. The van der Waals surface area contributed by atoms with Crippen molar-refractivity contribution in [1.82, 2.24) is 9.88 Å². The fourth-order valence-corrected chi connectivity index (χ4v) is 2.28. The fourth-order valence-electron chi connectivity index (χ4n) is 1.73. The van der Waals surface area contributed by atoms with Gasteiger partial charge in [-0.3, -0.25) is 4.90 Å². The zero-order valence-electron chi connectivity index (χ0n) is 10.2. The van der Waals surface area contributed by atoms with Gasteiger partial charge in [0.15, 0.2) is 11.6 Å². The van der Waals surface area contributed by atoms with E-state index < -0.39 is 11.6 Å². The lowest BCUT2D eigenvalue weighted by Gasteiger charge is -2.24. The molecule has 0 aliphatic rings. The first-order valence-corrected chi connectivity index (χ1v) is 6.54. The first kappa shape index (κ1) is 13.1. The van der Waals surface area contributed by atoms with E-state index >= 15 is 0 Å². The molecule has 0 saturated heterocycles. The van der Waals surface area contributed by atoms with Crippen LogP contribution in [0.5, 0.6) is 0 Å². The molecule has 5 heteroatoms.